The minimum absolute atomic E-state index is 0.00505. The molecule has 1 heterocycles. The van der Waals surface area contributed by atoms with Gasteiger partial charge in [-0.3, -0.25) is 4.79 Å². The summed E-state index contributed by atoms with van der Waals surface area (Å²) >= 11 is 0. The van der Waals surface area contributed by atoms with Gasteiger partial charge in [-0.25, -0.2) is 8.42 Å². The third kappa shape index (κ3) is 5.14. The lowest BCUT2D eigenvalue weighted by Crippen LogP contribution is -2.52. The Balaban J connectivity index is 1.76. The van der Waals surface area contributed by atoms with E-state index >= 15 is 0 Å². The van der Waals surface area contributed by atoms with Crippen LogP contribution in [-0.2, 0) is 14.8 Å². The van der Waals surface area contributed by atoms with Crippen molar-refractivity contribution in [2.75, 3.05) is 6.54 Å². The van der Waals surface area contributed by atoms with Crippen molar-refractivity contribution in [3.05, 3.63) is 60.2 Å². The summed E-state index contributed by atoms with van der Waals surface area (Å²) in [7, 11) is -3.81. The van der Waals surface area contributed by atoms with Crippen LogP contribution in [0, 0.1) is 0 Å². The Morgan fingerprint density at radius 1 is 1.13 bits per heavy atom. The van der Waals surface area contributed by atoms with Gasteiger partial charge in [0.25, 0.3) is 0 Å². The molecule has 1 N–H and O–H groups in total. The van der Waals surface area contributed by atoms with E-state index in [1.165, 1.54) is 28.6 Å². The third-order valence-electron chi connectivity index (χ3n) is 5.05. The van der Waals surface area contributed by atoms with E-state index in [4.69, 9.17) is 0 Å². The van der Waals surface area contributed by atoms with Crippen molar-refractivity contribution in [2.24, 2.45) is 0 Å². The van der Waals surface area contributed by atoms with Crippen molar-refractivity contribution < 1.29 is 26.7 Å². The van der Waals surface area contributed by atoms with Crippen LogP contribution in [0.3, 0.4) is 0 Å². The zero-order valence-electron chi connectivity index (χ0n) is 16.5. The summed E-state index contributed by atoms with van der Waals surface area (Å²) in [6.07, 6.45) is 1.84. The summed E-state index contributed by atoms with van der Waals surface area (Å²) < 4.78 is 56.7. The average molecular weight is 438 g/mol. The van der Waals surface area contributed by atoms with Crippen LogP contribution in [0.15, 0.2) is 59.5 Å². The molecule has 2 atom stereocenters. The standard InChI is InChI=1S/C21H24F2N2O4S/c1-15(16-8-7-9-17(14-16)29-21(22)23)24-20(26)19-12-5-6-13-25(19)30(27,28)18-10-3-2-4-11-18/h2-4,7-11,14-15,19,21H,5-6,12-13H2,1H3,(H,24,26). The number of ether oxygens (including phenoxy) is 1. The van der Waals surface area contributed by atoms with Gasteiger partial charge in [-0.15, -0.1) is 0 Å². The van der Waals surface area contributed by atoms with Gasteiger partial charge < -0.3 is 10.1 Å². The highest BCUT2D eigenvalue weighted by atomic mass is 32.2. The lowest BCUT2D eigenvalue weighted by Gasteiger charge is -2.34. The van der Waals surface area contributed by atoms with E-state index in [2.05, 4.69) is 10.1 Å². The maximum atomic E-state index is 13.1. The van der Waals surface area contributed by atoms with Gasteiger partial charge in [-0.2, -0.15) is 13.1 Å². The maximum absolute atomic E-state index is 13.1. The van der Waals surface area contributed by atoms with Crippen molar-refractivity contribution in [1.29, 1.82) is 0 Å². The first-order valence-electron chi connectivity index (χ1n) is 9.71. The van der Waals surface area contributed by atoms with E-state index in [0.717, 1.165) is 6.42 Å². The van der Waals surface area contributed by atoms with Crippen molar-refractivity contribution in [3.63, 3.8) is 0 Å². The highest BCUT2D eigenvalue weighted by Gasteiger charge is 2.37. The third-order valence-corrected chi connectivity index (χ3v) is 6.97. The number of nitrogens with zero attached hydrogens (tertiary/aromatic N) is 1. The SMILES string of the molecule is CC(NC(=O)C1CCCCN1S(=O)(=O)c1ccccc1)c1cccc(OC(F)F)c1. The molecule has 6 nitrogen and oxygen atoms in total. The number of carbonyl (C=O) groups excluding carboxylic acids is 1. The van der Waals surface area contributed by atoms with Crippen molar-refractivity contribution in [1.82, 2.24) is 9.62 Å². The molecule has 0 radical (unpaired) electrons. The molecule has 162 valence electrons. The van der Waals surface area contributed by atoms with E-state index in [0.29, 0.717) is 18.4 Å². The molecule has 1 amide bonds. The number of carbonyl (C=O) groups is 1. The number of hydrogen-bond acceptors (Lipinski definition) is 4. The second-order valence-corrected chi connectivity index (χ2v) is 9.01. The number of alkyl halides is 2. The van der Waals surface area contributed by atoms with Gasteiger partial charge in [-0.05, 0) is 49.6 Å². The lowest BCUT2D eigenvalue weighted by atomic mass is 10.0. The number of benzene rings is 2. The van der Waals surface area contributed by atoms with Gasteiger partial charge in [0.15, 0.2) is 0 Å². The van der Waals surface area contributed by atoms with Gasteiger partial charge >= 0.3 is 6.61 Å². The summed E-state index contributed by atoms with van der Waals surface area (Å²) in [5, 5.41) is 2.81. The minimum atomic E-state index is -3.81. The Bertz CT molecular complexity index is 970. The Morgan fingerprint density at radius 2 is 1.87 bits per heavy atom. The predicted molar refractivity (Wildman–Crippen MR) is 108 cm³/mol. The van der Waals surface area contributed by atoms with Crippen LogP contribution in [0.1, 0.15) is 37.8 Å². The first-order chi connectivity index (χ1) is 14.3. The van der Waals surface area contributed by atoms with Crippen LogP contribution >= 0.6 is 0 Å². The predicted octanol–water partition coefficient (Wildman–Crippen LogP) is 3.71. The molecule has 1 saturated heterocycles. The number of sulfonamides is 1. The lowest BCUT2D eigenvalue weighted by molar-refractivity contribution is -0.126. The summed E-state index contributed by atoms with van der Waals surface area (Å²) in [4.78, 5) is 13.1. The number of rotatable bonds is 7. The topological polar surface area (TPSA) is 75.7 Å². The van der Waals surface area contributed by atoms with Gasteiger partial charge in [0.05, 0.1) is 10.9 Å². The Morgan fingerprint density at radius 3 is 2.57 bits per heavy atom. The summed E-state index contributed by atoms with van der Waals surface area (Å²) in [5.74, 6) is -0.420. The van der Waals surface area contributed by atoms with E-state index in [-0.39, 0.29) is 17.2 Å². The number of hydrogen-bond donors (Lipinski definition) is 1. The maximum Gasteiger partial charge on any atom is 0.387 e. The molecular weight excluding hydrogens is 414 g/mol. The Hall–Kier alpha value is -2.52. The van der Waals surface area contributed by atoms with Gasteiger partial charge in [0, 0.05) is 6.54 Å². The van der Waals surface area contributed by atoms with E-state index < -0.39 is 34.6 Å². The van der Waals surface area contributed by atoms with Crippen molar-refractivity contribution in [3.8, 4) is 5.75 Å². The highest BCUT2D eigenvalue weighted by Crippen LogP contribution is 2.27. The number of amides is 1. The quantitative estimate of drug-likeness (QED) is 0.715. The zero-order chi connectivity index (χ0) is 21.7. The van der Waals surface area contributed by atoms with E-state index in [1.54, 1.807) is 37.3 Å². The largest absolute Gasteiger partial charge is 0.435 e. The second kappa shape index (κ2) is 9.53. The second-order valence-electron chi connectivity index (χ2n) is 7.12. The van der Waals surface area contributed by atoms with E-state index in [9.17, 15) is 22.0 Å². The van der Waals surface area contributed by atoms with Crippen molar-refractivity contribution >= 4 is 15.9 Å². The van der Waals surface area contributed by atoms with Crippen LogP contribution in [0.5, 0.6) is 5.75 Å². The van der Waals surface area contributed by atoms with Gasteiger partial charge in [0.1, 0.15) is 11.8 Å². The first-order valence-corrected chi connectivity index (χ1v) is 11.1. The fraction of sp³-hybridized carbons (Fsp3) is 0.381. The smallest absolute Gasteiger partial charge is 0.387 e. The van der Waals surface area contributed by atoms with Crippen molar-refractivity contribution in [2.45, 2.75) is 49.8 Å². The molecule has 2 aromatic carbocycles. The fourth-order valence-corrected chi connectivity index (χ4v) is 5.21. The molecule has 0 spiro atoms. The molecular formula is C21H24F2N2O4S. The normalized spacial score (nSPS) is 18.7. The van der Waals surface area contributed by atoms with Gasteiger partial charge in [-0.1, -0.05) is 36.8 Å². The molecule has 0 aromatic heterocycles. The Kier molecular flexibility index (Phi) is 7.04. The molecule has 30 heavy (non-hydrogen) atoms. The molecule has 2 unspecified atom stereocenters. The first kappa shape index (κ1) is 22.2. The van der Waals surface area contributed by atoms with Crippen LogP contribution in [-0.4, -0.2) is 37.8 Å². The van der Waals surface area contributed by atoms with E-state index in [1.807, 2.05) is 0 Å². The molecule has 1 fully saturated rings. The van der Waals surface area contributed by atoms with Gasteiger partial charge in [0.2, 0.25) is 15.9 Å². The molecule has 9 heteroatoms. The monoisotopic (exact) mass is 438 g/mol. The molecule has 1 aliphatic rings. The number of nitrogens with one attached hydrogen (secondary N) is 1. The highest BCUT2D eigenvalue weighted by molar-refractivity contribution is 7.89. The van der Waals surface area contributed by atoms with Crippen LogP contribution in [0.4, 0.5) is 8.78 Å². The summed E-state index contributed by atoms with van der Waals surface area (Å²) in [6.45, 7) is -0.969. The summed E-state index contributed by atoms with van der Waals surface area (Å²) in [6, 6.07) is 12.8. The average Bonchev–Trinajstić information content (AvgIpc) is 2.74. The fourth-order valence-electron chi connectivity index (χ4n) is 3.54. The minimum Gasteiger partial charge on any atom is -0.435 e. The van der Waals surface area contributed by atoms with Crippen LogP contribution in [0.25, 0.3) is 0 Å². The number of halogens is 2. The van der Waals surface area contributed by atoms with Crippen LogP contribution < -0.4 is 10.1 Å². The Labute approximate surface area is 174 Å². The molecule has 1 aliphatic heterocycles. The summed E-state index contributed by atoms with van der Waals surface area (Å²) in [5.41, 5.74) is 0.578. The molecule has 2 aromatic rings. The number of piperidine rings is 1. The molecule has 0 bridgehead atoms. The molecule has 0 saturated carbocycles. The van der Waals surface area contributed by atoms with Crippen LogP contribution in [0.2, 0.25) is 0 Å². The zero-order valence-corrected chi connectivity index (χ0v) is 17.3. The molecule has 0 aliphatic carbocycles. The molecule has 3 rings (SSSR count).